The van der Waals surface area contributed by atoms with Crippen molar-refractivity contribution in [1.82, 2.24) is 9.97 Å². The Kier molecular flexibility index (Phi) is 4.17. The maximum absolute atomic E-state index is 13.2. The molecule has 112 valence electrons. The number of halogens is 5. The maximum atomic E-state index is 13.2. The lowest BCUT2D eigenvalue weighted by molar-refractivity contribution is -0.144. The number of hydrogen-bond acceptors (Lipinski definition) is 4. The van der Waals surface area contributed by atoms with Crippen LogP contribution >= 0.6 is 11.6 Å². The molecule has 0 saturated heterocycles. The van der Waals surface area contributed by atoms with E-state index in [9.17, 15) is 17.6 Å². The number of alkyl halides is 3. The summed E-state index contributed by atoms with van der Waals surface area (Å²) >= 11 is 5.53. The second kappa shape index (κ2) is 5.72. The van der Waals surface area contributed by atoms with Crippen LogP contribution in [0.2, 0.25) is 5.15 Å². The van der Waals surface area contributed by atoms with Crippen molar-refractivity contribution >= 4 is 23.1 Å². The molecule has 21 heavy (non-hydrogen) atoms. The molecule has 1 heterocycles. The number of ether oxygens (including phenoxy) is 1. The number of hydrogen-bond donors (Lipinski definition) is 1. The van der Waals surface area contributed by atoms with Gasteiger partial charge in [0.15, 0.2) is 11.6 Å². The average Bonchev–Trinajstić information content (AvgIpc) is 2.39. The van der Waals surface area contributed by atoms with Gasteiger partial charge in [-0.2, -0.15) is 13.2 Å². The van der Waals surface area contributed by atoms with Crippen LogP contribution in [0.5, 0.6) is 5.75 Å². The average molecular weight is 322 g/mol. The quantitative estimate of drug-likeness (QED) is 0.684. The molecule has 1 aromatic carbocycles. The smallest absolute Gasteiger partial charge is 0.451 e. The van der Waals surface area contributed by atoms with E-state index in [1.165, 1.54) is 19.2 Å². The number of benzene rings is 1. The molecule has 0 radical (unpaired) electrons. The van der Waals surface area contributed by atoms with Crippen molar-refractivity contribution < 1.29 is 22.3 Å². The Bertz CT molecular complexity index is 663. The highest BCUT2D eigenvalue weighted by atomic mass is 35.5. The molecule has 1 aromatic heterocycles. The number of nitrogens with zero attached hydrogens (tertiary/aromatic N) is 2. The van der Waals surface area contributed by atoms with Gasteiger partial charge in [0, 0.05) is 17.8 Å². The molecule has 4 nitrogen and oxygen atoms in total. The van der Waals surface area contributed by atoms with Gasteiger partial charge < -0.3 is 10.1 Å². The van der Waals surface area contributed by atoms with E-state index < -0.39 is 17.8 Å². The fraction of sp³-hybridized carbons (Fsp3) is 0.167. The van der Waals surface area contributed by atoms with Crippen LogP contribution in [0.15, 0.2) is 24.3 Å². The Morgan fingerprint density at radius 1 is 1.19 bits per heavy atom. The molecular weight excluding hydrogens is 314 g/mol. The molecule has 2 rings (SSSR count). The van der Waals surface area contributed by atoms with Crippen LogP contribution in [0.3, 0.4) is 0 Å². The molecule has 2 aromatic rings. The van der Waals surface area contributed by atoms with E-state index in [4.69, 9.17) is 16.3 Å². The van der Waals surface area contributed by atoms with Crippen molar-refractivity contribution in [2.45, 2.75) is 6.18 Å². The number of rotatable bonds is 3. The van der Waals surface area contributed by atoms with Gasteiger partial charge in [0.1, 0.15) is 11.0 Å². The van der Waals surface area contributed by atoms with E-state index in [-0.39, 0.29) is 22.4 Å². The van der Waals surface area contributed by atoms with Gasteiger partial charge in [-0.3, -0.25) is 0 Å². The van der Waals surface area contributed by atoms with Gasteiger partial charge in [0.25, 0.3) is 0 Å². The van der Waals surface area contributed by atoms with Gasteiger partial charge in [0.2, 0.25) is 5.82 Å². The van der Waals surface area contributed by atoms with Crippen molar-refractivity contribution in [2.24, 2.45) is 0 Å². The van der Waals surface area contributed by atoms with E-state index in [0.717, 1.165) is 12.1 Å². The summed E-state index contributed by atoms with van der Waals surface area (Å²) in [4.78, 5) is 6.41. The lowest BCUT2D eigenvalue weighted by Gasteiger charge is -2.10. The predicted molar refractivity (Wildman–Crippen MR) is 68.3 cm³/mol. The minimum atomic E-state index is -4.72. The minimum absolute atomic E-state index is 0.0591. The standard InChI is InChI=1S/C12H8ClF4N3O/c1-21-8-4-6(2-3-7(8)14)18-10-5-9(13)19-11(20-10)12(15,16)17/h2-5H,1H3,(H,18,19,20). The monoisotopic (exact) mass is 321 g/mol. The highest BCUT2D eigenvalue weighted by molar-refractivity contribution is 6.29. The third kappa shape index (κ3) is 3.72. The zero-order valence-corrected chi connectivity index (χ0v) is 11.3. The van der Waals surface area contributed by atoms with Crippen LogP contribution in [0.25, 0.3) is 0 Å². The summed E-state index contributed by atoms with van der Waals surface area (Å²) in [5, 5.41) is 2.21. The van der Waals surface area contributed by atoms with Crippen LogP contribution in [-0.2, 0) is 6.18 Å². The van der Waals surface area contributed by atoms with E-state index in [1.807, 2.05) is 0 Å². The maximum Gasteiger partial charge on any atom is 0.451 e. The summed E-state index contributed by atoms with van der Waals surface area (Å²) in [6.45, 7) is 0. The molecule has 0 aliphatic heterocycles. The lowest BCUT2D eigenvalue weighted by atomic mass is 10.3. The largest absolute Gasteiger partial charge is 0.494 e. The molecule has 0 spiro atoms. The highest BCUT2D eigenvalue weighted by Crippen LogP contribution is 2.29. The van der Waals surface area contributed by atoms with Gasteiger partial charge in [-0.05, 0) is 12.1 Å². The van der Waals surface area contributed by atoms with Gasteiger partial charge >= 0.3 is 6.18 Å². The van der Waals surface area contributed by atoms with E-state index >= 15 is 0 Å². The molecule has 0 aliphatic carbocycles. The molecule has 0 bridgehead atoms. The van der Waals surface area contributed by atoms with Crippen LogP contribution in [0, 0.1) is 5.82 Å². The third-order valence-corrected chi connectivity index (χ3v) is 2.57. The molecule has 9 heteroatoms. The summed E-state index contributed by atoms with van der Waals surface area (Å²) in [7, 11) is 1.27. The predicted octanol–water partition coefficient (Wildman–Crippen LogP) is 4.04. The number of aromatic nitrogens is 2. The second-order valence-corrected chi connectivity index (χ2v) is 4.26. The number of nitrogens with one attached hydrogen (secondary N) is 1. The summed E-state index contributed by atoms with van der Waals surface area (Å²) in [6, 6.07) is 4.82. The van der Waals surface area contributed by atoms with Crippen molar-refractivity contribution in [3.63, 3.8) is 0 Å². The van der Waals surface area contributed by atoms with E-state index in [0.29, 0.717) is 0 Å². The first-order valence-electron chi connectivity index (χ1n) is 5.52. The summed E-state index contributed by atoms with van der Waals surface area (Å²) in [6.07, 6.45) is -4.72. The van der Waals surface area contributed by atoms with Gasteiger partial charge in [-0.15, -0.1) is 0 Å². The van der Waals surface area contributed by atoms with Crippen LogP contribution in [-0.4, -0.2) is 17.1 Å². The van der Waals surface area contributed by atoms with Crippen molar-refractivity contribution in [1.29, 1.82) is 0 Å². The number of methoxy groups -OCH3 is 1. The van der Waals surface area contributed by atoms with Crippen LogP contribution in [0.1, 0.15) is 5.82 Å². The molecule has 0 atom stereocenters. The molecule has 0 unspecified atom stereocenters. The van der Waals surface area contributed by atoms with Crippen molar-refractivity contribution in [2.75, 3.05) is 12.4 Å². The summed E-state index contributed by atoms with van der Waals surface area (Å²) in [5.74, 6) is -2.20. The fourth-order valence-corrected chi connectivity index (χ4v) is 1.68. The van der Waals surface area contributed by atoms with Gasteiger partial charge in [0.05, 0.1) is 7.11 Å². The normalized spacial score (nSPS) is 11.3. The summed E-state index contributed by atoms with van der Waals surface area (Å²) in [5.41, 5.74) is 0.288. The van der Waals surface area contributed by atoms with E-state index in [2.05, 4.69) is 15.3 Å². The van der Waals surface area contributed by atoms with Gasteiger partial charge in [-0.25, -0.2) is 14.4 Å². The zero-order valence-electron chi connectivity index (χ0n) is 10.5. The SMILES string of the molecule is COc1cc(Nc2cc(Cl)nc(C(F)(F)F)n2)ccc1F. The Morgan fingerprint density at radius 2 is 1.90 bits per heavy atom. The fourth-order valence-electron chi connectivity index (χ4n) is 1.49. The Labute approximate surface area is 121 Å². The van der Waals surface area contributed by atoms with Crippen molar-refractivity contribution in [3.8, 4) is 5.75 Å². The Morgan fingerprint density at radius 3 is 2.52 bits per heavy atom. The third-order valence-electron chi connectivity index (χ3n) is 2.37. The highest BCUT2D eigenvalue weighted by Gasteiger charge is 2.35. The minimum Gasteiger partial charge on any atom is -0.494 e. The molecular formula is C12H8ClF4N3O. The first kappa shape index (κ1) is 15.3. The van der Waals surface area contributed by atoms with Crippen molar-refractivity contribution in [3.05, 3.63) is 41.1 Å². The number of anilines is 2. The lowest BCUT2D eigenvalue weighted by Crippen LogP contribution is -2.12. The van der Waals surface area contributed by atoms with E-state index in [1.54, 1.807) is 0 Å². The zero-order chi connectivity index (χ0) is 15.6. The first-order valence-corrected chi connectivity index (χ1v) is 5.90. The Hall–Kier alpha value is -2.09. The molecule has 0 fully saturated rings. The summed E-state index contributed by atoms with van der Waals surface area (Å²) < 4.78 is 55.7. The topological polar surface area (TPSA) is 47.0 Å². The Balaban J connectivity index is 2.33. The first-order chi connectivity index (χ1) is 9.79. The molecule has 0 amide bonds. The molecule has 0 aliphatic rings. The molecule has 1 N–H and O–H groups in total. The van der Waals surface area contributed by atoms with Gasteiger partial charge in [-0.1, -0.05) is 11.6 Å². The molecule has 0 saturated carbocycles. The van der Waals surface area contributed by atoms with Crippen LogP contribution < -0.4 is 10.1 Å². The second-order valence-electron chi connectivity index (χ2n) is 3.87. The van der Waals surface area contributed by atoms with Crippen LogP contribution in [0.4, 0.5) is 29.1 Å².